The van der Waals surface area contributed by atoms with Crippen molar-refractivity contribution in [2.45, 2.75) is 51.1 Å². The van der Waals surface area contributed by atoms with Gasteiger partial charge in [-0.05, 0) is 26.0 Å². The first-order chi connectivity index (χ1) is 9.58. The van der Waals surface area contributed by atoms with Crippen LogP contribution < -0.4 is 5.73 Å². The number of hydrogen-bond acceptors (Lipinski definition) is 2. The predicted molar refractivity (Wildman–Crippen MR) is 80.4 cm³/mol. The maximum Gasteiger partial charge on any atom is 0.128 e. The third-order valence-corrected chi connectivity index (χ3v) is 4.23. The molecule has 0 saturated heterocycles. The van der Waals surface area contributed by atoms with Gasteiger partial charge in [-0.2, -0.15) is 0 Å². The van der Waals surface area contributed by atoms with Gasteiger partial charge < -0.3 is 5.73 Å². The van der Waals surface area contributed by atoms with Crippen LogP contribution in [0.25, 0.3) is 0 Å². The van der Waals surface area contributed by atoms with Gasteiger partial charge in [-0.15, -0.1) is 0 Å². The minimum Gasteiger partial charge on any atom is -0.384 e. The molecular formula is C16H24FN3. The Hall–Kier alpha value is -1.42. The van der Waals surface area contributed by atoms with Gasteiger partial charge in [0, 0.05) is 23.7 Å². The van der Waals surface area contributed by atoms with Gasteiger partial charge >= 0.3 is 0 Å². The summed E-state index contributed by atoms with van der Waals surface area (Å²) in [5, 5.41) is 7.33. The molecule has 1 fully saturated rings. The van der Waals surface area contributed by atoms with E-state index in [2.05, 4.69) is 11.9 Å². The van der Waals surface area contributed by atoms with Crippen LogP contribution in [0, 0.1) is 11.2 Å². The highest BCUT2D eigenvalue weighted by Crippen LogP contribution is 2.23. The summed E-state index contributed by atoms with van der Waals surface area (Å²) in [5.74, 6) is -0.356. The van der Waals surface area contributed by atoms with Crippen LogP contribution >= 0.6 is 0 Å². The lowest BCUT2D eigenvalue weighted by Crippen LogP contribution is -2.31. The molecule has 1 aliphatic carbocycles. The average molecular weight is 277 g/mol. The smallest absolute Gasteiger partial charge is 0.128 e. The standard InChI is InChI=1S/C16H24FN3/c1-20(14-6-4-2-3-5-7-14)11-13-9-8-12(16(18)19)10-15(13)17/h8-10,14H,2-7,11H2,1H3,(H3,18,19). The lowest BCUT2D eigenvalue weighted by Gasteiger charge is -2.27. The van der Waals surface area contributed by atoms with Crippen LogP contribution in [0.4, 0.5) is 4.39 Å². The average Bonchev–Trinajstić information content (AvgIpc) is 2.69. The summed E-state index contributed by atoms with van der Waals surface area (Å²) in [6, 6.07) is 5.39. The molecular weight excluding hydrogens is 253 g/mol. The number of nitrogen functional groups attached to an aromatic ring is 1. The van der Waals surface area contributed by atoms with Crippen molar-refractivity contribution in [3.8, 4) is 0 Å². The van der Waals surface area contributed by atoms with Crippen LogP contribution in [0.15, 0.2) is 18.2 Å². The molecule has 0 spiro atoms. The quantitative estimate of drug-likeness (QED) is 0.504. The Morgan fingerprint density at radius 2 is 1.95 bits per heavy atom. The fourth-order valence-corrected chi connectivity index (χ4v) is 2.94. The molecule has 0 aliphatic heterocycles. The van der Waals surface area contributed by atoms with Crippen LogP contribution in [0.3, 0.4) is 0 Å². The topological polar surface area (TPSA) is 53.1 Å². The summed E-state index contributed by atoms with van der Waals surface area (Å²) < 4.78 is 14.0. The molecule has 110 valence electrons. The van der Waals surface area contributed by atoms with E-state index in [-0.39, 0.29) is 11.7 Å². The van der Waals surface area contributed by atoms with Crippen LogP contribution in [-0.2, 0) is 6.54 Å². The van der Waals surface area contributed by atoms with Crippen molar-refractivity contribution in [3.05, 3.63) is 35.1 Å². The van der Waals surface area contributed by atoms with Gasteiger partial charge in [-0.3, -0.25) is 10.3 Å². The lowest BCUT2D eigenvalue weighted by molar-refractivity contribution is 0.210. The number of halogens is 1. The number of hydrogen-bond donors (Lipinski definition) is 2. The van der Waals surface area contributed by atoms with Crippen LogP contribution in [0.5, 0.6) is 0 Å². The molecule has 3 nitrogen and oxygen atoms in total. The maximum atomic E-state index is 14.0. The van der Waals surface area contributed by atoms with Crippen molar-refractivity contribution in [1.82, 2.24) is 4.90 Å². The van der Waals surface area contributed by atoms with Crippen molar-refractivity contribution in [2.75, 3.05) is 7.05 Å². The van der Waals surface area contributed by atoms with E-state index in [1.54, 1.807) is 12.1 Å². The Balaban J connectivity index is 2.03. The Kier molecular flexibility index (Phi) is 5.12. The number of benzene rings is 1. The molecule has 0 amide bonds. The summed E-state index contributed by atoms with van der Waals surface area (Å²) in [4.78, 5) is 2.26. The van der Waals surface area contributed by atoms with E-state index in [0.29, 0.717) is 23.7 Å². The second-order valence-corrected chi connectivity index (χ2v) is 5.78. The molecule has 0 radical (unpaired) electrons. The van der Waals surface area contributed by atoms with Crippen LogP contribution in [-0.4, -0.2) is 23.8 Å². The van der Waals surface area contributed by atoms with Gasteiger partial charge in [-0.1, -0.05) is 37.8 Å². The van der Waals surface area contributed by atoms with Gasteiger partial charge in [0.1, 0.15) is 11.7 Å². The molecule has 2 rings (SSSR count). The number of amidine groups is 1. The lowest BCUT2D eigenvalue weighted by atomic mass is 10.1. The van der Waals surface area contributed by atoms with Crippen LogP contribution in [0.2, 0.25) is 0 Å². The summed E-state index contributed by atoms with van der Waals surface area (Å²) in [6.07, 6.45) is 7.63. The SMILES string of the molecule is CN(Cc1ccc(C(=N)N)cc1F)C1CCCCCC1. The summed E-state index contributed by atoms with van der Waals surface area (Å²) in [7, 11) is 2.08. The van der Waals surface area contributed by atoms with Gasteiger partial charge in [-0.25, -0.2) is 4.39 Å². The molecule has 1 aromatic carbocycles. The van der Waals surface area contributed by atoms with Crippen molar-refractivity contribution < 1.29 is 4.39 Å². The zero-order valence-electron chi connectivity index (χ0n) is 12.2. The van der Waals surface area contributed by atoms with E-state index in [4.69, 9.17) is 11.1 Å². The van der Waals surface area contributed by atoms with E-state index in [0.717, 1.165) is 0 Å². The van der Waals surface area contributed by atoms with Crippen molar-refractivity contribution in [1.29, 1.82) is 5.41 Å². The first-order valence-electron chi connectivity index (χ1n) is 7.41. The van der Waals surface area contributed by atoms with E-state index >= 15 is 0 Å². The maximum absolute atomic E-state index is 14.0. The Bertz CT molecular complexity index is 465. The number of nitrogens with two attached hydrogens (primary N) is 1. The zero-order chi connectivity index (χ0) is 14.5. The van der Waals surface area contributed by atoms with Gasteiger partial charge in [0.25, 0.3) is 0 Å². The molecule has 0 atom stereocenters. The largest absolute Gasteiger partial charge is 0.384 e. The monoisotopic (exact) mass is 277 g/mol. The van der Waals surface area contributed by atoms with Gasteiger partial charge in [0.2, 0.25) is 0 Å². The molecule has 4 heteroatoms. The van der Waals surface area contributed by atoms with Crippen molar-refractivity contribution >= 4 is 5.84 Å². The second kappa shape index (κ2) is 6.84. The van der Waals surface area contributed by atoms with E-state index in [9.17, 15) is 4.39 Å². The van der Waals surface area contributed by atoms with E-state index in [1.807, 2.05) is 0 Å². The summed E-state index contributed by atoms with van der Waals surface area (Å²) in [5.41, 5.74) is 6.50. The van der Waals surface area contributed by atoms with Crippen molar-refractivity contribution in [2.24, 2.45) is 5.73 Å². The van der Waals surface area contributed by atoms with E-state index < -0.39 is 0 Å². The normalized spacial score (nSPS) is 17.1. The molecule has 0 bridgehead atoms. The zero-order valence-corrected chi connectivity index (χ0v) is 12.2. The molecule has 0 aromatic heterocycles. The van der Waals surface area contributed by atoms with Gasteiger partial charge in [0.15, 0.2) is 0 Å². The molecule has 1 aromatic rings. The molecule has 20 heavy (non-hydrogen) atoms. The molecule has 3 N–H and O–H groups in total. The molecule has 0 unspecified atom stereocenters. The fourth-order valence-electron chi connectivity index (χ4n) is 2.94. The number of nitrogens with one attached hydrogen (secondary N) is 1. The molecule has 0 heterocycles. The highest BCUT2D eigenvalue weighted by atomic mass is 19.1. The Labute approximate surface area is 120 Å². The predicted octanol–water partition coefficient (Wildman–Crippen LogP) is 3.26. The first kappa shape index (κ1) is 15.0. The Morgan fingerprint density at radius 3 is 2.50 bits per heavy atom. The van der Waals surface area contributed by atoms with E-state index in [1.165, 1.54) is 44.6 Å². The minimum atomic E-state index is -0.266. The van der Waals surface area contributed by atoms with Gasteiger partial charge in [0.05, 0.1) is 0 Å². The molecule has 1 saturated carbocycles. The summed E-state index contributed by atoms with van der Waals surface area (Å²) >= 11 is 0. The summed E-state index contributed by atoms with van der Waals surface area (Å²) in [6.45, 7) is 0.620. The minimum absolute atomic E-state index is 0.0902. The number of rotatable bonds is 4. The Morgan fingerprint density at radius 1 is 1.30 bits per heavy atom. The molecule has 1 aliphatic rings. The highest BCUT2D eigenvalue weighted by Gasteiger charge is 2.18. The van der Waals surface area contributed by atoms with Crippen molar-refractivity contribution in [3.63, 3.8) is 0 Å². The van der Waals surface area contributed by atoms with Crippen LogP contribution in [0.1, 0.15) is 49.7 Å². The third-order valence-electron chi connectivity index (χ3n) is 4.23. The first-order valence-corrected chi connectivity index (χ1v) is 7.41. The fraction of sp³-hybridized carbons (Fsp3) is 0.562. The third kappa shape index (κ3) is 3.79. The second-order valence-electron chi connectivity index (χ2n) is 5.78. The highest BCUT2D eigenvalue weighted by molar-refractivity contribution is 5.94. The number of nitrogens with zero attached hydrogens (tertiary/aromatic N) is 1.